The van der Waals surface area contributed by atoms with E-state index in [2.05, 4.69) is 10.3 Å². The number of ether oxygens (including phenoxy) is 1. The van der Waals surface area contributed by atoms with E-state index < -0.39 is 0 Å². The highest BCUT2D eigenvalue weighted by Gasteiger charge is 2.09. The van der Waals surface area contributed by atoms with E-state index in [0.29, 0.717) is 17.9 Å². The lowest BCUT2D eigenvalue weighted by Crippen LogP contribution is -2.16. The maximum absolute atomic E-state index is 12.0. The fraction of sp³-hybridized carbons (Fsp3) is 0.250. The minimum atomic E-state index is -0.0731. The Bertz CT molecular complexity index is 568. The lowest BCUT2D eigenvalue weighted by molar-refractivity contribution is -0.115. The molecule has 0 saturated carbocycles. The van der Waals surface area contributed by atoms with Crippen LogP contribution < -0.4 is 10.1 Å². The molecule has 104 valence electrons. The van der Waals surface area contributed by atoms with E-state index in [4.69, 9.17) is 4.74 Å². The van der Waals surface area contributed by atoms with Crippen molar-refractivity contribution >= 4 is 11.6 Å². The van der Waals surface area contributed by atoms with Crippen LogP contribution in [0, 0.1) is 0 Å². The SMILES string of the molecule is CC(C)Oc1ccccc1NC(=O)Cc1ccncc1. The average Bonchev–Trinajstić information content (AvgIpc) is 2.41. The summed E-state index contributed by atoms with van der Waals surface area (Å²) >= 11 is 0. The quantitative estimate of drug-likeness (QED) is 0.908. The first kappa shape index (κ1) is 14.1. The Morgan fingerprint density at radius 3 is 2.60 bits per heavy atom. The molecule has 0 aliphatic heterocycles. The van der Waals surface area contributed by atoms with Gasteiger partial charge in [-0.15, -0.1) is 0 Å². The Kier molecular flexibility index (Phi) is 4.71. The molecule has 1 N–H and O–H groups in total. The Morgan fingerprint density at radius 1 is 1.20 bits per heavy atom. The molecule has 0 unspecified atom stereocenters. The van der Waals surface area contributed by atoms with Crippen LogP contribution >= 0.6 is 0 Å². The first-order valence-corrected chi connectivity index (χ1v) is 6.59. The summed E-state index contributed by atoms with van der Waals surface area (Å²) in [5.41, 5.74) is 1.63. The molecule has 4 heteroatoms. The van der Waals surface area contributed by atoms with E-state index in [1.807, 2.05) is 50.2 Å². The molecule has 0 radical (unpaired) electrons. The van der Waals surface area contributed by atoms with Gasteiger partial charge >= 0.3 is 0 Å². The zero-order valence-corrected chi connectivity index (χ0v) is 11.7. The molecule has 0 atom stereocenters. The zero-order chi connectivity index (χ0) is 14.4. The molecule has 1 aromatic carbocycles. The lowest BCUT2D eigenvalue weighted by atomic mass is 10.2. The number of aromatic nitrogens is 1. The van der Waals surface area contributed by atoms with Crippen LogP contribution in [0.25, 0.3) is 0 Å². The van der Waals surface area contributed by atoms with Gasteiger partial charge in [0.25, 0.3) is 0 Å². The second-order valence-electron chi connectivity index (χ2n) is 4.74. The number of rotatable bonds is 5. The van der Waals surface area contributed by atoms with Crippen LogP contribution in [0.2, 0.25) is 0 Å². The number of para-hydroxylation sites is 2. The number of hydrogen-bond acceptors (Lipinski definition) is 3. The maximum Gasteiger partial charge on any atom is 0.228 e. The summed E-state index contributed by atoms with van der Waals surface area (Å²) in [7, 11) is 0. The highest BCUT2D eigenvalue weighted by atomic mass is 16.5. The fourth-order valence-electron chi connectivity index (χ4n) is 1.81. The van der Waals surface area contributed by atoms with Crippen LogP contribution in [-0.4, -0.2) is 17.0 Å². The maximum atomic E-state index is 12.0. The molecule has 1 aromatic heterocycles. The predicted molar refractivity (Wildman–Crippen MR) is 78.8 cm³/mol. The smallest absolute Gasteiger partial charge is 0.228 e. The summed E-state index contributed by atoms with van der Waals surface area (Å²) in [5.74, 6) is 0.613. The van der Waals surface area contributed by atoms with E-state index in [1.54, 1.807) is 12.4 Å². The van der Waals surface area contributed by atoms with Crippen LogP contribution in [0.3, 0.4) is 0 Å². The third-order valence-corrected chi connectivity index (χ3v) is 2.64. The molecule has 1 heterocycles. The molecule has 2 aromatic rings. The van der Waals surface area contributed by atoms with Crippen molar-refractivity contribution in [3.8, 4) is 5.75 Å². The van der Waals surface area contributed by atoms with Gasteiger partial charge in [0.05, 0.1) is 18.2 Å². The van der Waals surface area contributed by atoms with Gasteiger partial charge in [0, 0.05) is 12.4 Å². The van der Waals surface area contributed by atoms with Crippen molar-refractivity contribution in [1.29, 1.82) is 0 Å². The lowest BCUT2D eigenvalue weighted by Gasteiger charge is -2.14. The minimum Gasteiger partial charge on any atom is -0.489 e. The molecule has 0 aliphatic rings. The molecule has 0 saturated heterocycles. The number of hydrogen-bond donors (Lipinski definition) is 1. The number of pyridine rings is 1. The number of benzene rings is 1. The number of nitrogens with one attached hydrogen (secondary N) is 1. The van der Waals surface area contributed by atoms with E-state index >= 15 is 0 Å². The molecule has 4 nitrogen and oxygen atoms in total. The first-order chi connectivity index (χ1) is 9.65. The number of carbonyl (C=O) groups excluding carboxylic acids is 1. The molecule has 2 rings (SSSR count). The van der Waals surface area contributed by atoms with E-state index in [0.717, 1.165) is 5.56 Å². The van der Waals surface area contributed by atoms with Gasteiger partial charge in [0.15, 0.2) is 0 Å². The van der Waals surface area contributed by atoms with Crippen molar-refractivity contribution in [3.05, 3.63) is 54.4 Å². The predicted octanol–water partition coefficient (Wildman–Crippen LogP) is 3.05. The van der Waals surface area contributed by atoms with Crippen molar-refractivity contribution in [1.82, 2.24) is 4.98 Å². The Morgan fingerprint density at radius 2 is 1.90 bits per heavy atom. The second-order valence-corrected chi connectivity index (χ2v) is 4.74. The molecule has 1 amide bonds. The number of anilines is 1. The molecule has 0 spiro atoms. The minimum absolute atomic E-state index is 0.0632. The van der Waals surface area contributed by atoms with Gasteiger partial charge in [-0.05, 0) is 43.7 Å². The van der Waals surface area contributed by atoms with Crippen LogP contribution in [0.4, 0.5) is 5.69 Å². The first-order valence-electron chi connectivity index (χ1n) is 6.59. The third kappa shape index (κ3) is 4.09. The van der Waals surface area contributed by atoms with Crippen LogP contribution in [0.1, 0.15) is 19.4 Å². The van der Waals surface area contributed by atoms with Crippen molar-refractivity contribution in [2.24, 2.45) is 0 Å². The van der Waals surface area contributed by atoms with Crippen molar-refractivity contribution < 1.29 is 9.53 Å². The summed E-state index contributed by atoms with van der Waals surface area (Å²) in [4.78, 5) is 16.0. The highest BCUT2D eigenvalue weighted by Crippen LogP contribution is 2.24. The third-order valence-electron chi connectivity index (χ3n) is 2.64. The summed E-state index contributed by atoms with van der Waals surface area (Å²) in [6.45, 7) is 3.91. The van der Waals surface area contributed by atoms with Gasteiger partial charge < -0.3 is 10.1 Å². The fourth-order valence-corrected chi connectivity index (χ4v) is 1.81. The molecular weight excluding hydrogens is 252 g/mol. The molecule has 0 fully saturated rings. The van der Waals surface area contributed by atoms with Gasteiger partial charge in [-0.2, -0.15) is 0 Å². The van der Waals surface area contributed by atoms with Gasteiger partial charge in [-0.25, -0.2) is 0 Å². The van der Waals surface area contributed by atoms with Gasteiger partial charge in [-0.1, -0.05) is 12.1 Å². The standard InChI is InChI=1S/C16H18N2O2/c1-12(2)20-15-6-4-3-5-14(15)18-16(19)11-13-7-9-17-10-8-13/h3-10,12H,11H2,1-2H3,(H,18,19). The molecule has 0 bridgehead atoms. The molecule has 20 heavy (non-hydrogen) atoms. The largest absolute Gasteiger partial charge is 0.489 e. The van der Waals surface area contributed by atoms with Crippen molar-refractivity contribution in [3.63, 3.8) is 0 Å². The molecular formula is C16H18N2O2. The molecule has 0 aliphatic carbocycles. The summed E-state index contributed by atoms with van der Waals surface area (Å²) in [6.07, 6.45) is 3.74. The summed E-state index contributed by atoms with van der Waals surface area (Å²) in [6, 6.07) is 11.1. The van der Waals surface area contributed by atoms with Gasteiger partial charge in [0.1, 0.15) is 5.75 Å². The van der Waals surface area contributed by atoms with Crippen molar-refractivity contribution in [2.75, 3.05) is 5.32 Å². The van der Waals surface area contributed by atoms with Crippen molar-refractivity contribution in [2.45, 2.75) is 26.4 Å². The van der Waals surface area contributed by atoms with E-state index in [-0.39, 0.29) is 12.0 Å². The Hall–Kier alpha value is -2.36. The van der Waals surface area contributed by atoms with Gasteiger partial charge in [0.2, 0.25) is 5.91 Å². The topological polar surface area (TPSA) is 51.2 Å². The van der Waals surface area contributed by atoms with Crippen LogP contribution in [0.15, 0.2) is 48.8 Å². The highest BCUT2D eigenvalue weighted by molar-refractivity contribution is 5.93. The normalized spacial score (nSPS) is 10.3. The number of amides is 1. The van der Waals surface area contributed by atoms with Crippen LogP contribution in [-0.2, 0) is 11.2 Å². The Labute approximate surface area is 118 Å². The second kappa shape index (κ2) is 6.70. The number of carbonyl (C=O) groups is 1. The monoisotopic (exact) mass is 270 g/mol. The zero-order valence-electron chi connectivity index (χ0n) is 11.7. The van der Waals surface area contributed by atoms with E-state index in [9.17, 15) is 4.79 Å². The Balaban J connectivity index is 2.04. The van der Waals surface area contributed by atoms with Gasteiger partial charge in [-0.3, -0.25) is 9.78 Å². The number of nitrogens with zero attached hydrogens (tertiary/aromatic N) is 1. The summed E-state index contributed by atoms with van der Waals surface area (Å²) in [5, 5.41) is 2.88. The van der Waals surface area contributed by atoms with E-state index in [1.165, 1.54) is 0 Å². The summed E-state index contributed by atoms with van der Waals surface area (Å²) < 4.78 is 5.67. The van der Waals surface area contributed by atoms with Crippen LogP contribution in [0.5, 0.6) is 5.75 Å². The average molecular weight is 270 g/mol.